The first-order chi connectivity index (χ1) is 38.1. The van der Waals surface area contributed by atoms with Crippen LogP contribution in [0.15, 0.2) is 60.8 Å². The Hall–Kier alpha value is -3.01. The van der Waals surface area contributed by atoms with Crippen molar-refractivity contribution >= 4 is 17.9 Å². The molecule has 0 aliphatic rings. The van der Waals surface area contributed by atoms with Crippen LogP contribution in [-0.2, 0) is 33.3 Å². The molecule has 9 heteroatoms. The standard InChI is InChI=1S/C69H125NO8/c1-6-8-10-12-14-16-18-20-22-23-24-25-26-27-28-29-30-31-32-33-34-35-36-37-38-39-40-41-42-43-44-45-46-48-50-52-54-56-58-60-67(72)78-65(64-77-69(68(73)74)75-62-61-70(3,4)5)63-76-66(71)59-57-55-53-51-49-47-21-19-17-15-13-11-9-7-2/h8,10,14,16,20,22,24-25,27-28,65,69H,6-7,9,11-13,15,17-19,21,23,26,29-64H2,1-5H3/p+1/b10-8-,16-14-,22-20-,25-24-,28-27-. The maximum atomic E-state index is 12.9. The number of unbranched alkanes of at least 4 members (excludes halogenated alkanes) is 36. The fourth-order valence-corrected chi connectivity index (χ4v) is 9.51. The third kappa shape index (κ3) is 60.6. The van der Waals surface area contributed by atoms with Crippen molar-refractivity contribution < 1.29 is 42.9 Å². The summed E-state index contributed by atoms with van der Waals surface area (Å²) in [4.78, 5) is 37.4. The number of carboxylic acids is 1. The lowest BCUT2D eigenvalue weighted by Gasteiger charge is -2.25. The van der Waals surface area contributed by atoms with Gasteiger partial charge in [0.15, 0.2) is 6.10 Å². The molecule has 0 amide bonds. The van der Waals surface area contributed by atoms with Crippen LogP contribution in [0.25, 0.3) is 0 Å². The van der Waals surface area contributed by atoms with Crippen molar-refractivity contribution in [3.63, 3.8) is 0 Å². The minimum absolute atomic E-state index is 0.176. The van der Waals surface area contributed by atoms with E-state index in [0.717, 1.165) is 70.6 Å². The summed E-state index contributed by atoms with van der Waals surface area (Å²) < 4.78 is 22.9. The van der Waals surface area contributed by atoms with Gasteiger partial charge in [0.25, 0.3) is 6.29 Å². The molecule has 0 spiro atoms. The van der Waals surface area contributed by atoms with E-state index >= 15 is 0 Å². The molecule has 0 aliphatic heterocycles. The second-order valence-electron chi connectivity index (χ2n) is 23.4. The number of rotatable bonds is 61. The average molecular weight is 1100 g/mol. The number of likely N-dealkylation sites (N-methyl/N-ethyl adjacent to an activating group) is 1. The summed E-state index contributed by atoms with van der Waals surface area (Å²) in [7, 11) is 5.98. The number of hydrogen-bond acceptors (Lipinski definition) is 7. The van der Waals surface area contributed by atoms with Gasteiger partial charge in [0.1, 0.15) is 13.2 Å². The Kier molecular flexibility index (Phi) is 57.8. The summed E-state index contributed by atoms with van der Waals surface area (Å²) >= 11 is 0. The van der Waals surface area contributed by atoms with Crippen molar-refractivity contribution in [2.75, 3.05) is 47.5 Å². The third-order valence-electron chi connectivity index (χ3n) is 14.5. The molecular weight excluding hydrogens is 971 g/mol. The highest BCUT2D eigenvalue weighted by Gasteiger charge is 2.25. The minimum atomic E-state index is -1.51. The number of ether oxygens (including phenoxy) is 4. The Balaban J connectivity index is 3.95. The van der Waals surface area contributed by atoms with Crippen LogP contribution in [0, 0.1) is 0 Å². The van der Waals surface area contributed by atoms with Crippen LogP contribution in [0.3, 0.4) is 0 Å². The molecule has 9 nitrogen and oxygen atoms in total. The Morgan fingerprint density at radius 2 is 0.731 bits per heavy atom. The van der Waals surface area contributed by atoms with E-state index in [0.29, 0.717) is 17.4 Å². The lowest BCUT2D eigenvalue weighted by Crippen LogP contribution is -2.40. The summed E-state index contributed by atoms with van der Waals surface area (Å²) in [5, 5.41) is 9.71. The molecule has 0 rings (SSSR count). The third-order valence-corrected chi connectivity index (χ3v) is 14.5. The number of aliphatic carboxylic acids is 1. The molecule has 0 saturated carbocycles. The topological polar surface area (TPSA) is 108 Å². The van der Waals surface area contributed by atoms with E-state index in [2.05, 4.69) is 74.6 Å². The van der Waals surface area contributed by atoms with E-state index < -0.39 is 18.4 Å². The van der Waals surface area contributed by atoms with Gasteiger partial charge in [-0.15, -0.1) is 0 Å². The summed E-state index contributed by atoms with van der Waals surface area (Å²) in [6.07, 6.45) is 74.8. The SMILES string of the molecule is CC/C=C\C/C=C\C/C=C\C/C=C\C/C=C\CCCCCCCCCCCCCCCCCCCCCCCCCC(=O)OC(COC(=O)CCCCCCCCCCCCCCCC)COC(OCC[N+](C)(C)C)C(=O)O. The molecule has 0 aliphatic carbocycles. The van der Waals surface area contributed by atoms with Gasteiger partial charge >= 0.3 is 17.9 Å². The van der Waals surface area contributed by atoms with Gasteiger partial charge in [-0.05, 0) is 57.8 Å². The molecular formula is C69H126NO8+. The molecule has 78 heavy (non-hydrogen) atoms. The Morgan fingerprint density at radius 1 is 0.397 bits per heavy atom. The van der Waals surface area contributed by atoms with Crippen molar-refractivity contribution in [1.82, 2.24) is 0 Å². The highest BCUT2D eigenvalue weighted by molar-refractivity contribution is 5.71. The first kappa shape index (κ1) is 75.0. The summed E-state index contributed by atoms with van der Waals surface area (Å²) in [6, 6.07) is 0. The van der Waals surface area contributed by atoms with Gasteiger partial charge in [-0.3, -0.25) is 9.59 Å². The molecule has 0 saturated heterocycles. The van der Waals surface area contributed by atoms with Gasteiger partial charge in [0.2, 0.25) is 0 Å². The number of nitrogens with zero attached hydrogens (tertiary/aromatic N) is 1. The molecule has 454 valence electrons. The number of carboxylic acid groups (broad SMARTS) is 1. The van der Waals surface area contributed by atoms with Crippen LogP contribution in [0.1, 0.15) is 303 Å². The van der Waals surface area contributed by atoms with E-state index in [1.165, 1.54) is 205 Å². The smallest absolute Gasteiger partial charge is 0.361 e. The number of carbonyl (C=O) groups excluding carboxylic acids is 2. The van der Waals surface area contributed by atoms with Crippen molar-refractivity contribution in [3.8, 4) is 0 Å². The summed E-state index contributed by atoms with van der Waals surface area (Å²) in [5.74, 6) is -1.98. The zero-order chi connectivity index (χ0) is 56.9. The predicted octanol–water partition coefficient (Wildman–Crippen LogP) is 20.0. The maximum Gasteiger partial charge on any atom is 0.361 e. The van der Waals surface area contributed by atoms with Gasteiger partial charge in [0, 0.05) is 12.8 Å². The van der Waals surface area contributed by atoms with E-state index in [9.17, 15) is 19.5 Å². The predicted molar refractivity (Wildman–Crippen MR) is 332 cm³/mol. The average Bonchev–Trinajstić information content (AvgIpc) is 3.41. The number of quaternary nitrogens is 1. The molecule has 1 N–H and O–H groups in total. The molecule has 2 unspecified atom stereocenters. The minimum Gasteiger partial charge on any atom is -0.477 e. The molecule has 0 aromatic rings. The molecule has 0 heterocycles. The highest BCUT2D eigenvalue weighted by atomic mass is 16.7. The van der Waals surface area contributed by atoms with E-state index in [1.807, 2.05) is 21.1 Å². The number of hydrogen-bond donors (Lipinski definition) is 1. The van der Waals surface area contributed by atoms with Crippen LogP contribution in [0.4, 0.5) is 0 Å². The van der Waals surface area contributed by atoms with Gasteiger partial charge < -0.3 is 28.5 Å². The van der Waals surface area contributed by atoms with Crippen molar-refractivity contribution in [1.29, 1.82) is 0 Å². The summed E-state index contributed by atoms with van der Waals surface area (Å²) in [6.45, 7) is 4.80. The molecule has 0 radical (unpaired) electrons. The lowest BCUT2D eigenvalue weighted by molar-refractivity contribution is -0.870. The van der Waals surface area contributed by atoms with Crippen molar-refractivity contribution in [2.24, 2.45) is 0 Å². The van der Waals surface area contributed by atoms with Crippen molar-refractivity contribution in [2.45, 2.75) is 315 Å². The zero-order valence-electron chi connectivity index (χ0n) is 51.8. The quantitative estimate of drug-likeness (QED) is 0.0211. The van der Waals surface area contributed by atoms with Crippen molar-refractivity contribution in [3.05, 3.63) is 60.8 Å². The van der Waals surface area contributed by atoms with Crippen LogP contribution < -0.4 is 0 Å². The highest BCUT2D eigenvalue weighted by Crippen LogP contribution is 2.18. The maximum absolute atomic E-state index is 12.9. The number of allylic oxidation sites excluding steroid dienone is 10. The van der Waals surface area contributed by atoms with Gasteiger partial charge in [-0.25, -0.2) is 4.79 Å². The van der Waals surface area contributed by atoms with E-state index in [1.54, 1.807) is 0 Å². The fraction of sp³-hybridized carbons (Fsp3) is 0.812. The molecule has 0 fully saturated rings. The Bertz CT molecular complexity index is 1460. The van der Waals surface area contributed by atoms with Crippen LogP contribution >= 0.6 is 0 Å². The lowest BCUT2D eigenvalue weighted by atomic mass is 10.0. The van der Waals surface area contributed by atoms with Crippen LogP contribution in [-0.4, -0.2) is 87.4 Å². The first-order valence-corrected chi connectivity index (χ1v) is 33.0. The summed E-state index contributed by atoms with van der Waals surface area (Å²) in [5.41, 5.74) is 0. The number of esters is 2. The van der Waals surface area contributed by atoms with Crippen LogP contribution in [0.5, 0.6) is 0 Å². The Morgan fingerprint density at radius 3 is 1.09 bits per heavy atom. The second kappa shape index (κ2) is 60.1. The van der Waals surface area contributed by atoms with Gasteiger partial charge in [-0.2, -0.15) is 0 Å². The number of carbonyl (C=O) groups is 3. The first-order valence-electron chi connectivity index (χ1n) is 33.0. The van der Waals surface area contributed by atoms with Gasteiger partial charge in [0.05, 0.1) is 34.4 Å². The normalized spacial score (nSPS) is 13.1. The van der Waals surface area contributed by atoms with E-state index in [4.69, 9.17) is 18.9 Å². The molecule has 0 bridgehead atoms. The molecule has 0 aromatic heterocycles. The molecule has 2 atom stereocenters. The van der Waals surface area contributed by atoms with Crippen LogP contribution in [0.2, 0.25) is 0 Å². The van der Waals surface area contributed by atoms with E-state index in [-0.39, 0.29) is 38.2 Å². The zero-order valence-corrected chi connectivity index (χ0v) is 51.8. The second-order valence-corrected chi connectivity index (χ2v) is 23.4. The largest absolute Gasteiger partial charge is 0.477 e. The fourth-order valence-electron chi connectivity index (χ4n) is 9.51. The monoisotopic (exact) mass is 1100 g/mol. The Labute approximate surface area is 482 Å². The van der Waals surface area contributed by atoms with Gasteiger partial charge in [-0.1, -0.05) is 293 Å². The molecule has 0 aromatic carbocycles.